The van der Waals surface area contributed by atoms with Crippen molar-refractivity contribution in [2.45, 2.75) is 24.9 Å². The fraction of sp³-hybridized carbons (Fsp3) is 0.833. The SMILES string of the molecule is C[C@@H]1C[C@](N)(C(=O)O)CN1. The summed E-state index contributed by atoms with van der Waals surface area (Å²) in [6.07, 6.45) is 0.516. The van der Waals surface area contributed by atoms with E-state index in [1.54, 1.807) is 0 Å². The molecule has 1 saturated heterocycles. The smallest absolute Gasteiger partial charge is 0.325 e. The van der Waals surface area contributed by atoms with Crippen LogP contribution in [0.5, 0.6) is 0 Å². The maximum atomic E-state index is 10.5. The highest BCUT2D eigenvalue weighted by Gasteiger charge is 2.40. The molecule has 1 heterocycles. The van der Waals surface area contributed by atoms with Crippen LogP contribution in [0.3, 0.4) is 0 Å². The lowest BCUT2D eigenvalue weighted by Crippen LogP contribution is -2.49. The summed E-state index contributed by atoms with van der Waals surface area (Å²) in [5.41, 5.74) is 4.50. The van der Waals surface area contributed by atoms with Crippen molar-refractivity contribution in [2.24, 2.45) is 5.73 Å². The van der Waals surface area contributed by atoms with Crippen molar-refractivity contribution in [1.29, 1.82) is 0 Å². The zero-order valence-electron chi connectivity index (χ0n) is 5.92. The van der Waals surface area contributed by atoms with Crippen molar-refractivity contribution in [2.75, 3.05) is 6.54 Å². The molecule has 0 aliphatic carbocycles. The molecule has 1 aliphatic heterocycles. The van der Waals surface area contributed by atoms with Gasteiger partial charge in [-0.25, -0.2) is 0 Å². The third kappa shape index (κ3) is 1.12. The Morgan fingerprint density at radius 3 is 2.70 bits per heavy atom. The van der Waals surface area contributed by atoms with E-state index >= 15 is 0 Å². The van der Waals surface area contributed by atoms with Gasteiger partial charge in [0.05, 0.1) is 0 Å². The first-order chi connectivity index (χ1) is 4.54. The van der Waals surface area contributed by atoms with Gasteiger partial charge in [0.15, 0.2) is 0 Å². The molecule has 1 rings (SSSR count). The van der Waals surface area contributed by atoms with E-state index in [0.29, 0.717) is 13.0 Å². The Morgan fingerprint density at radius 2 is 2.50 bits per heavy atom. The quantitative estimate of drug-likeness (QED) is 0.448. The average molecular weight is 144 g/mol. The molecule has 0 aromatic rings. The molecule has 10 heavy (non-hydrogen) atoms. The molecule has 1 aliphatic rings. The fourth-order valence-electron chi connectivity index (χ4n) is 1.21. The minimum Gasteiger partial charge on any atom is -0.480 e. The molecule has 0 aromatic heterocycles. The Kier molecular flexibility index (Phi) is 1.66. The van der Waals surface area contributed by atoms with Gasteiger partial charge in [-0.2, -0.15) is 0 Å². The molecule has 58 valence electrons. The van der Waals surface area contributed by atoms with Gasteiger partial charge >= 0.3 is 5.97 Å². The highest BCUT2D eigenvalue weighted by Crippen LogP contribution is 2.15. The van der Waals surface area contributed by atoms with Gasteiger partial charge in [-0.3, -0.25) is 4.79 Å². The zero-order valence-corrected chi connectivity index (χ0v) is 5.92. The van der Waals surface area contributed by atoms with E-state index < -0.39 is 11.5 Å². The molecule has 4 nitrogen and oxygen atoms in total. The van der Waals surface area contributed by atoms with Gasteiger partial charge in [0.2, 0.25) is 0 Å². The van der Waals surface area contributed by atoms with Crippen LogP contribution in [0.2, 0.25) is 0 Å². The number of carbonyl (C=O) groups is 1. The largest absolute Gasteiger partial charge is 0.480 e. The van der Waals surface area contributed by atoms with Crippen LogP contribution in [0.4, 0.5) is 0 Å². The number of hydrogen-bond acceptors (Lipinski definition) is 3. The van der Waals surface area contributed by atoms with Gasteiger partial charge in [0.25, 0.3) is 0 Å². The second kappa shape index (κ2) is 2.21. The number of carboxylic acid groups (broad SMARTS) is 1. The van der Waals surface area contributed by atoms with Crippen LogP contribution in [0, 0.1) is 0 Å². The van der Waals surface area contributed by atoms with Gasteiger partial charge in [0.1, 0.15) is 5.54 Å². The zero-order chi connectivity index (χ0) is 7.78. The highest BCUT2D eigenvalue weighted by atomic mass is 16.4. The van der Waals surface area contributed by atoms with E-state index in [4.69, 9.17) is 10.8 Å². The first-order valence-corrected chi connectivity index (χ1v) is 3.30. The molecule has 0 aromatic carbocycles. The number of nitrogens with one attached hydrogen (secondary N) is 1. The second-order valence-electron chi connectivity index (χ2n) is 2.95. The third-order valence-corrected chi connectivity index (χ3v) is 1.86. The number of carboxylic acids is 1. The van der Waals surface area contributed by atoms with Crippen molar-refractivity contribution < 1.29 is 9.90 Å². The van der Waals surface area contributed by atoms with Gasteiger partial charge in [-0.15, -0.1) is 0 Å². The molecule has 0 saturated carbocycles. The summed E-state index contributed by atoms with van der Waals surface area (Å²) in [5, 5.41) is 11.6. The predicted octanol–water partition coefficient (Wildman–Crippen LogP) is -0.850. The van der Waals surface area contributed by atoms with Crippen molar-refractivity contribution in [3.05, 3.63) is 0 Å². The Bertz CT molecular complexity index is 160. The summed E-state index contributed by atoms with van der Waals surface area (Å²) in [7, 11) is 0. The average Bonchev–Trinajstić information content (AvgIpc) is 2.13. The fourth-order valence-corrected chi connectivity index (χ4v) is 1.21. The second-order valence-corrected chi connectivity index (χ2v) is 2.95. The van der Waals surface area contributed by atoms with Crippen LogP contribution >= 0.6 is 0 Å². The highest BCUT2D eigenvalue weighted by molar-refractivity contribution is 5.79. The molecular formula is C6H12N2O2. The number of nitrogens with two attached hydrogens (primary N) is 1. The maximum Gasteiger partial charge on any atom is 0.325 e. The summed E-state index contributed by atoms with van der Waals surface area (Å²) in [6.45, 7) is 2.31. The Morgan fingerprint density at radius 1 is 1.90 bits per heavy atom. The van der Waals surface area contributed by atoms with E-state index in [0.717, 1.165) is 0 Å². The van der Waals surface area contributed by atoms with E-state index in [1.165, 1.54) is 0 Å². The van der Waals surface area contributed by atoms with Crippen LogP contribution in [0.1, 0.15) is 13.3 Å². The summed E-state index contributed by atoms with van der Waals surface area (Å²) >= 11 is 0. The van der Waals surface area contributed by atoms with Gasteiger partial charge in [-0.05, 0) is 13.3 Å². The molecule has 4 N–H and O–H groups in total. The summed E-state index contributed by atoms with van der Waals surface area (Å²) in [6, 6.07) is 0.223. The third-order valence-electron chi connectivity index (χ3n) is 1.86. The van der Waals surface area contributed by atoms with E-state index in [1.807, 2.05) is 6.92 Å². The molecule has 0 amide bonds. The number of rotatable bonds is 1. The molecule has 2 atom stereocenters. The van der Waals surface area contributed by atoms with Crippen molar-refractivity contribution in [3.8, 4) is 0 Å². The lowest BCUT2D eigenvalue weighted by atomic mass is 9.98. The molecular weight excluding hydrogens is 132 g/mol. The van der Waals surface area contributed by atoms with E-state index in [-0.39, 0.29) is 6.04 Å². The first-order valence-electron chi connectivity index (χ1n) is 3.30. The van der Waals surface area contributed by atoms with Crippen molar-refractivity contribution >= 4 is 5.97 Å². The number of hydrogen-bond donors (Lipinski definition) is 3. The van der Waals surface area contributed by atoms with Crippen LogP contribution in [-0.4, -0.2) is 29.2 Å². The van der Waals surface area contributed by atoms with Crippen LogP contribution in [-0.2, 0) is 4.79 Å². The standard InChI is InChI=1S/C6H12N2O2/c1-4-2-6(7,3-8-4)5(9)10/h4,8H,2-3,7H2,1H3,(H,9,10)/t4-,6-/m1/s1. The first kappa shape index (κ1) is 7.50. The summed E-state index contributed by atoms with van der Waals surface area (Å²) < 4.78 is 0. The summed E-state index contributed by atoms with van der Waals surface area (Å²) in [4.78, 5) is 10.5. The van der Waals surface area contributed by atoms with Crippen LogP contribution in [0.25, 0.3) is 0 Å². The summed E-state index contributed by atoms with van der Waals surface area (Å²) in [5.74, 6) is -0.913. The van der Waals surface area contributed by atoms with Gasteiger partial charge in [-0.1, -0.05) is 0 Å². The number of aliphatic carboxylic acids is 1. The molecule has 1 fully saturated rings. The molecule has 0 bridgehead atoms. The predicted molar refractivity (Wildman–Crippen MR) is 36.6 cm³/mol. The van der Waals surface area contributed by atoms with Crippen LogP contribution in [0.15, 0.2) is 0 Å². The van der Waals surface area contributed by atoms with Crippen molar-refractivity contribution in [1.82, 2.24) is 5.32 Å². The Balaban J connectivity index is 2.63. The monoisotopic (exact) mass is 144 g/mol. The molecule has 4 heteroatoms. The Hall–Kier alpha value is -0.610. The Labute approximate surface area is 59.4 Å². The van der Waals surface area contributed by atoms with E-state index in [2.05, 4.69) is 5.32 Å². The van der Waals surface area contributed by atoms with Crippen LogP contribution < -0.4 is 11.1 Å². The minimum absolute atomic E-state index is 0.223. The maximum absolute atomic E-state index is 10.5. The molecule has 0 unspecified atom stereocenters. The van der Waals surface area contributed by atoms with Crippen molar-refractivity contribution in [3.63, 3.8) is 0 Å². The normalized spacial score (nSPS) is 40.0. The van der Waals surface area contributed by atoms with Gasteiger partial charge in [0, 0.05) is 12.6 Å². The molecule has 0 spiro atoms. The van der Waals surface area contributed by atoms with Gasteiger partial charge < -0.3 is 16.2 Å². The lowest BCUT2D eigenvalue weighted by molar-refractivity contribution is -0.142. The van der Waals surface area contributed by atoms with E-state index in [9.17, 15) is 4.79 Å². The lowest BCUT2D eigenvalue weighted by Gasteiger charge is -2.15. The molecule has 0 radical (unpaired) electrons. The topological polar surface area (TPSA) is 75.4 Å². The minimum atomic E-state index is -1.03.